The standard InChI is InChI=1S/C13H17N3O2.ClH/c1-8(14)12(17)16-11-6-9-4-2-3-5-10(9)7-15-13(11)18;/h2-5,8,11H,6-7,14H2,1H3,(H,15,18)(H,16,17);1H. The maximum absolute atomic E-state index is 11.9. The first-order valence-corrected chi connectivity index (χ1v) is 5.98. The van der Waals surface area contributed by atoms with Crippen molar-refractivity contribution in [2.45, 2.75) is 32.0 Å². The number of hydrogen-bond donors (Lipinski definition) is 3. The van der Waals surface area contributed by atoms with Crippen LogP contribution >= 0.6 is 12.4 Å². The molecule has 1 aromatic carbocycles. The fraction of sp³-hybridized carbons (Fsp3) is 0.385. The van der Waals surface area contributed by atoms with E-state index in [0.29, 0.717) is 13.0 Å². The SMILES string of the molecule is CC(N)C(=O)NC1Cc2ccccc2CNC1=O.Cl. The number of fused-ring (bicyclic) bond motifs is 1. The Morgan fingerprint density at radius 2 is 2.05 bits per heavy atom. The second kappa shape index (κ2) is 6.54. The Hall–Kier alpha value is -1.59. The van der Waals surface area contributed by atoms with Gasteiger partial charge in [-0.3, -0.25) is 9.59 Å². The molecule has 2 unspecified atom stereocenters. The van der Waals surface area contributed by atoms with Gasteiger partial charge in [0.15, 0.2) is 0 Å². The summed E-state index contributed by atoms with van der Waals surface area (Å²) in [6.45, 7) is 2.09. The van der Waals surface area contributed by atoms with Crippen LogP contribution < -0.4 is 16.4 Å². The molecule has 2 amide bonds. The predicted molar refractivity (Wildman–Crippen MR) is 74.8 cm³/mol. The Labute approximate surface area is 118 Å². The van der Waals surface area contributed by atoms with Gasteiger partial charge >= 0.3 is 0 Å². The second-order valence-electron chi connectivity index (χ2n) is 4.54. The third-order valence-corrected chi connectivity index (χ3v) is 3.04. The highest BCUT2D eigenvalue weighted by atomic mass is 35.5. The molecule has 1 aliphatic rings. The summed E-state index contributed by atoms with van der Waals surface area (Å²) < 4.78 is 0. The molecular weight excluding hydrogens is 266 g/mol. The monoisotopic (exact) mass is 283 g/mol. The van der Waals surface area contributed by atoms with Crippen LogP contribution in [-0.2, 0) is 22.6 Å². The van der Waals surface area contributed by atoms with Crippen molar-refractivity contribution in [3.63, 3.8) is 0 Å². The van der Waals surface area contributed by atoms with Crippen molar-refractivity contribution < 1.29 is 9.59 Å². The smallest absolute Gasteiger partial charge is 0.243 e. The summed E-state index contributed by atoms with van der Waals surface area (Å²) in [4.78, 5) is 23.4. The van der Waals surface area contributed by atoms with Gasteiger partial charge in [0.1, 0.15) is 6.04 Å². The Balaban J connectivity index is 0.00000180. The number of rotatable bonds is 2. The number of carbonyl (C=O) groups excluding carboxylic acids is 2. The molecule has 0 bridgehead atoms. The zero-order chi connectivity index (χ0) is 13.1. The minimum Gasteiger partial charge on any atom is -0.350 e. The van der Waals surface area contributed by atoms with Crippen molar-refractivity contribution in [3.05, 3.63) is 35.4 Å². The van der Waals surface area contributed by atoms with Crippen LogP contribution in [0.2, 0.25) is 0 Å². The zero-order valence-electron chi connectivity index (χ0n) is 10.7. The molecule has 0 fully saturated rings. The number of hydrogen-bond acceptors (Lipinski definition) is 3. The van der Waals surface area contributed by atoms with Crippen LogP contribution in [0.5, 0.6) is 0 Å². The van der Waals surface area contributed by atoms with Crippen LogP contribution in [0.25, 0.3) is 0 Å². The van der Waals surface area contributed by atoms with Gasteiger partial charge in [-0.25, -0.2) is 0 Å². The molecule has 4 N–H and O–H groups in total. The molecule has 1 aliphatic heterocycles. The number of amides is 2. The lowest BCUT2D eigenvalue weighted by Gasteiger charge is -2.17. The van der Waals surface area contributed by atoms with Crippen LogP contribution in [0.1, 0.15) is 18.1 Å². The molecule has 1 heterocycles. The van der Waals surface area contributed by atoms with E-state index >= 15 is 0 Å². The van der Waals surface area contributed by atoms with Gasteiger partial charge in [0.05, 0.1) is 6.04 Å². The number of benzene rings is 1. The minimum absolute atomic E-state index is 0. The molecule has 6 heteroatoms. The maximum Gasteiger partial charge on any atom is 0.243 e. The van der Waals surface area contributed by atoms with Crippen molar-refractivity contribution >= 4 is 24.2 Å². The molecule has 0 radical (unpaired) electrons. The third kappa shape index (κ3) is 3.68. The molecule has 19 heavy (non-hydrogen) atoms. The molecular formula is C13H18ClN3O2. The van der Waals surface area contributed by atoms with E-state index in [1.54, 1.807) is 6.92 Å². The van der Waals surface area contributed by atoms with Crippen LogP contribution in [0.3, 0.4) is 0 Å². The first-order valence-electron chi connectivity index (χ1n) is 5.98. The minimum atomic E-state index is -0.615. The highest BCUT2D eigenvalue weighted by molar-refractivity contribution is 5.90. The van der Waals surface area contributed by atoms with E-state index in [2.05, 4.69) is 10.6 Å². The number of carbonyl (C=O) groups is 2. The molecule has 0 aromatic heterocycles. The quantitative estimate of drug-likeness (QED) is 0.720. The summed E-state index contributed by atoms with van der Waals surface area (Å²) in [7, 11) is 0. The van der Waals surface area contributed by atoms with Gasteiger partial charge in [0.25, 0.3) is 0 Å². The number of halogens is 1. The lowest BCUT2D eigenvalue weighted by molar-refractivity contribution is -0.129. The Bertz CT molecular complexity index is 477. The Morgan fingerprint density at radius 1 is 1.42 bits per heavy atom. The average molecular weight is 284 g/mol. The van der Waals surface area contributed by atoms with Gasteiger partial charge < -0.3 is 16.4 Å². The molecule has 5 nitrogen and oxygen atoms in total. The van der Waals surface area contributed by atoms with Crippen molar-refractivity contribution in [2.24, 2.45) is 5.73 Å². The van der Waals surface area contributed by atoms with E-state index in [9.17, 15) is 9.59 Å². The van der Waals surface area contributed by atoms with Crippen molar-refractivity contribution in [1.29, 1.82) is 0 Å². The summed E-state index contributed by atoms with van der Waals surface area (Å²) in [6.07, 6.45) is 0.500. The van der Waals surface area contributed by atoms with Crippen molar-refractivity contribution in [2.75, 3.05) is 0 Å². The van der Waals surface area contributed by atoms with Gasteiger partial charge in [0.2, 0.25) is 11.8 Å². The average Bonchev–Trinajstić information content (AvgIpc) is 2.50. The Kier molecular flexibility index (Phi) is 5.32. The summed E-state index contributed by atoms with van der Waals surface area (Å²) >= 11 is 0. The van der Waals surface area contributed by atoms with E-state index in [1.807, 2.05) is 24.3 Å². The molecule has 2 atom stereocenters. The van der Waals surface area contributed by atoms with E-state index in [4.69, 9.17) is 5.73 Å². The topological polar surface area (TPSA) is 84.2 Å². The summed E-state index contributed by atoms with van der Waals surface area (Å²) in [5, 5.41) is 5.47. The van der Waals surface area contributed by atoms with E-state index in [-0.39, 0.29) is 24.2 Å². The first-order chi connectivity index (χ1) is 8.58. The van der Waals surface area contributed by atoms with Gasteiger partial charge in [0, 0.05) is 13.0 Å². The highest BCUT2D eigenvalue weighted by Gasteiger charge is 2.25. The molecule has 2 rings (SSSR count). The fourth-order valence-corrected chi connectivity index (χ4v) is 1.97. The third-order valence-electron chi connectivity index (χ3n) is 3.04. The fourth-order valence-electron chi connectivity index (χ4n) is 1.97. The molecule has 0 aliphatic carbocycles. The van der Waals surface area contributed by atoms with Gasteiger partial charge in [-0.1, -0.05) is 24.3 Å². The lowest BCUT2D eigenvalue weighted by Crippen LogP contribution is -2.50. The molecule has 0 saturated carbocycles. The van der Waals surface area contributed by atoms with Crippen molar-refractivity contribution in [1.82, 2.24) is 10.6 Å². The van der Waals surface area contributed by atoms with Crippen molar-refractivity contribution in [3.8, 4) is 0 Å². The molecule has 104 valence electrons. The van der Waals surface area contributed by atoms with Crippen LogP contribution in [-0.4, -0.2) is 23.9 Å². The van der Waals surface area contributed by atoms with E-state index in [0.717, 1.165) is 11.1 Å². The predicted octanol–water partition coefficient (Wildman–Crippen LogP) is 0.113. The van der Waals surface area contributed by atoms with Crippen LogP contribution in [0, 0.1) is 0 Å². The summed E-state index contributed by atoms with van der Waals surface area (Å²) in [6, 6.07) is 6.65. The van der Waals surface area contributed by atoms with Crippen LogP contribution in [0.4, 0.5) is 0 Å². The highest BCUT2D eigenvalue weighted by Crippen LogP contribution is 2.14. The normalized spacial score (nSPS) is 19.3. The van der Waals surface area contributed by atoms with Gasteiger partial charge in [-0.15, -0.1) is 12.4 Å². The molecule has 0 spiro atoms. The summed E-state index contributed by atoms with van der Waals surface area (Å²) in [5.74, 6) is -0.477. The van der Waals surface area contributed by atoms with Crippen LogP contribution in [0.15, 0.2) is 24.3 Å². The lowest BCUT2D eigenvalue weighted by atomic mass is 10.0. The Morgan fingerprint density at radius 3 is 2.68 bits per heavy atom. The molecule has 1 aromatic rings. The maximum atomic E-state index is 11.9. The number of nitrogens with two attached hydrogens (primary N) is 1. The van der Waals surface area contributed by atoms with Gasteiger partial charge in [-0.2, -0.15) is 0 Å². The van der Waals surface area contributed by atoms with Gasteiger partial charge in [-0.05, 0) is 18.1 Å². The summed E-state index contributed by atoms with van der Waals surface area (Å²) in [5.41, 5.74) is 7.65. The van der Waals surface area contributed by atoms with E-state index in [1.165, 1.54) is 0 Å². The number of nitrogens with one attached hydrogen (secondary N) is 2. The molecule has 0 saturated heterocycles. The largest absolute Gasteiger partial charge is 0.350 e. The first kappa shape index (κ1) is 15.5. The zero-order valence-corrected chi connectivity index (χ0v) is 11.5. The van der Waals surface area contributed by atoms with E-state index < -0.39 is 12.1 Å². The second-order valence-corrected chi connectivity index (χ2v) is 4.54.